The molecule has 4 rings (SSSR count). The first-order chi connectivity index (χ1) is 22.1. The molecule has 0 spiro atoms. The van der Waals surface area contributed by atoms with Gasteiger partial charge in [0.25, 0.3) is 15.7 Å². The summed E-state index contributed by atoms with van der Waals surface area (Å²) in [5.41, 5.74) is -5.52. The predicted octanol–water partition coefficient (Wildman–Crippen LogP) is 5.01. The number of rotatable bonds is 11. The highest BCUT2D eigenvalue weighted by atomic mass is 32.2. The van der Waals surface area contributed by atoms with Crippen molar-refractivity contribution in [2.75, 3.05) is 12.4 Å². The molecule has 4 atom stereocenters. The van der Waals surface area contributed by atoms with E-state index < -0.39 is 55.8 Å². The van der Waals surface area contributed by atoms with Gasteiger partial charge in [-0.1, -0.05) is 18.2 Å². The maximum Gasteiger partial charge on any atom is 0.501 e. The van der Waals surface area contributed by atoms with Gasteiger partial charge < -0.3 is 20.5 Å². The van der Waals surface area contributed by atoms with Crippen LogP contribution in [0.15, 0.2) is 69.6 Å². The van der Waals surface area contributed by atoms with Crippen LogP contribution in [0.25, 0.3) is 5.57 Å². The van der Waals surface area contributed by atoms with Crippen LogP contribution >= 0.6 is 0 Å². The normalized spacial score (nSPS) is 21.0. The van der Waals surface area contributed by atoms with Crippen LogP contribution in [-0.2, 0) is 19.4 Å². The second-order valence-electron chi connectivity index (χ2n) is 10.9. The summed E-state index contributed by atoms with van der Waals surface area (Å²) < 4.78 is 83.3. The van der Waals surface area contributed by atoms with Crippen molar-refractivity contribution in [1.82, 2.24) is 5.32 Å². The summed E-state index contributed by atoms with van der Waals surface area (Å²) in [5.74, 6) is -4.59. The Labute approximate surface area is 267 Å². The van der Waals surface area contributed by atoms with E-state index >= 15 is 4.39 Å². The number of hydrogen-bond acceptors (Lipinski definition) is 7. The monoisotopic (exact) mass is 678 g/mol. The van der Waals surface area contributed by atoms with Gasteiger partial charge in [-0.3, -0.25) is 14.4 Å². The third-order valence-corrected chi connectivity index (χ3v) is 9.37. The quantitative estimate of drug-likeness (QED) is 0.130. The van der Waals surface area contributed by atoms with Crippen molar-refractivity contribution in [1.29, 1.82) is 0 Å². The largest absolute Gasteiger partial charge is 0.501 e. The molecule has 0 unspecified atom stereocenters. The van der Waals surface area contributed by atoms with Crippen molar-refractivity contribution < 1.29 is 50.2 Å². The number of amides is 2. The molecular weight excluding hydrogens is 648 g/mol. The van der Waals surface area contributed by atoms with E-state index in [-0.39, 0.29) is 58.6 Å². The molecule has 0 radical (unpaired) electrons. The second-order valence-corrected chi connectivity index (χ2v) is 12.8. The molecule has 47 heavy (non-hydrogen) atoms. The van der Waals surface area contributed by atoms with E-state index in [0.717, 1.165) is 18.2 Å². The summed E-state index contributed by atoms with van der Waals surface area (Å²) >= 11 is 0. The van der Waals surface area contributed by atoms with E-state index in [2.05, 4.69) is 27.3 Å². The summed E-state index contributed by atoms with van der Waals surface area (Å²) in [6.45, 7) is 4.87. The smallest absolute Gasteiger partial charge is 0.496 e. The molecule has 3 N–H and O–H groups in total. The van der Waals surface area contributed by atoms with E-state index in [1.54, 1.807) is 6.08 Å². The molecular formula is C31H30F4N4O7S. The number of nitrogens with one attached hydrogen (secondary N) is 2. The summed E-state index contributed by atoms with van der Waals surface area (Å²) in [5, 5.41) is 14.2. The van der Waals surface area contributed by atoms with E-state index in [9.17, 15) is 36.0 Å². The van der Waals surface area contributed by atoms with Gasteiger partial charge in [-0.05, 0) is 61.7 Å². The number of carbonyl (C=O) groups excluding carboxylic acids is 2. The molecule has 1 saturated carbocycles. The zero-order chi connectivity index (χ0) is 34.7. The number of nitrogens with zero attached hydrogens (tertiary/aromatic N) is 2. The number of carboxylic acids is 1. The predicted molar refractivity (Wildman–Crippen MR) is 164 cm³/mol. The Balaban J connectivity index is 1.58. The van der Waals surface area contributed by atoms with Crippen LogP contribution in [-0.4, -0.2) is 62.5 Å². The maximum absolute atomic E-state index is 15.1. The van der Waals surface area contributed by atoms with Crippen LogP contribution in [0.3, 0.4) is 0 Å². The zero-order valence-corrected chi connectivity index (χ0v) is 25.9. The van der Waals surface area contributed by atoms with Gasteiger partial charge in [0.05, 0.1) is 29.9 Å². The fraction of sp³-hybridized carbons (Fsp3) is 0.323. The molecule has 2 amide bonds. The summed E-state index contributed by atoms with van der Waals surface area (Å²) in [6, 6.07) is 5.28. The second kappa shape index (κ2) is 13.9. The number of amidine groups is 1. The first-order valence-electron chi connectivity index (χ1n) is 14.1. The third-order valence-electron chi connectivity index (χ3n) is 7.89. The van der Waals surface area contributed by atoms with Crippen molar-refractivity contribution in [3.63, 3.8) is 0 Å². The highest BCUT2D eigenvalue weighted by molar-refractivity contribution is 7.92. The number of carboxylic acid groups (broad SMARTS) is 1. The number of alkyl halides is 3. The lowest BCUT2D eigenvalue weighted by Gasteiger charge is -2.28. The Morgan fingerprint density at radius 1 is 1.11 bits per heavy atom. The number of aliphatic imine (C=N–C) groups is 2. The lowest BCUT2D eigenvalue weighted by Crippen LogP contribution is -2.47. The topological polar surface area (TPSA) is 164 Å². The molecule has 2 bridgehead atoms. The fourth-order valence-corrected chi connectivity index (χ4v) is 6.36. The van der Waals surface area contributed by atoms with Gasteiger partial charge >= 0.3 is 11.5 Å². The molecule has 2 aliphatic carbocycles. The number of benzene rings is 2. The third kappa shape index (κ3) is 7.59. The number of allylic oxidation sites excluding steroid dienone is 2. The molecule has 2 aromatic carbocycles. The SMILES string of the molecule is C=NC(CCC(=O)O)=N/C=C(\C)c1cc(C(=O)N[C@H]2[C@@H](C(=O)Nc3cccc(S(=O)(=O)C(F)(F)F)c3)[C@@H]3C=C[C@H]2C3)c(OC)cc1F. The molecule has 16 heteroatoms. The van der Waals surface area contributed by atoms with Crippen molar-refractivity contribution in [2.24, 2.45) is 27.7 Å². The molecule has 2 aliphatic rings. The Morgan fingerprint density at radius 3 is 2.45 bits per heavy atom. The first-order valence-corrected chi connectivity index (χ1v) is 15.6. The van der Waals surface area contributed by atoms with Gasteiger partial charge in [0.15, 0.2) is 0 Å². The number of carbonyl (C=O) groups is 3. The minimum absolute atomic E-state index is 0.00774. The van der Waals surface area contributed by atoms with E-state index in [0.29, 0.717) is 12.5 Å². The van der Waals surface area contributed by atoms with Crippen molar-refractivity contribution >= 4 is 51.4 Å². The molecule has 0 aromatic heterocycles. The average molecular weight is 679 g/mol. The molecule has 0 saturated heterocycles. The van der Waals surface area contributed by atoms with Gasteiger partial charge in [-0.15, -0.1) is 0 Å². The number of sulfone groups is 1. The Morgan fingerprint density at radius 2 is 1.81 bits per heavy atom. The van der Waals surface area contributed by atoms with Crippen LogP contribution in [0.2, 0.25) is 0 Å². The summed E-state index contributed by atoms with van der Waals surface area (Å²) in [4.78, 5) is 44.6. The van der Waals surface area contributed by atoms with Gasteiger partial charge in [-0.25, -0.2) is 22.8 Å². The van der Waals surface area contributed by atoms with Gasteiger partial charge in [0.2, 0.25) is 5.91 Å². The standard InChI is InChI=1S/C31H30F4N4O7S/c1-16(15-37-25(36-2)9-10-26(40)41)21-13-22(24(46-3)14-23(21)32)29(42)39-28-18-8-7-17(11-18)27(28)30(43)38-19-5-4-6-20(12-19)47(44,45)31(33,34)35/h4-8,12-15,17-18,27-28H,2,9-11H2,1,3H3,(H,38,43)(H,39,42)(H,40,41)/b16-15+,37-25?/t17-,18+,27+,28-/m1/s1. The number of halogens is 4. The summed E-state index contributed by atoms with van der Waals surface area (Å²) in [6.07, 6.45) is 5.15. The van der Waals surface area contributed by atoms with Crippen molar-refractivity contribution in [3.05, 3.63) is 71.7 Å². The van der Waals surface area contributed by atoms with Crippen molar-refractivity contribution in [3.8, 4) is 5.75 Å². The zero-order valence-electron chi connectivity index (χ0n) is 25.0. The average Bonchev–Trinajstić information content (AvgIpc) is 3.62. The molecule has 0 heterocycles. The summed E-state index contributed by atoms with van der Waals surface area (Å²) in [7, 11) is -4.41. The van der Waals surface area contributed by atoms with Crippen LogP contribution in [0.4, 0.5) is 23.2 Å². The molecule has 11 nitrogen and oxygen atoms in total. The minimum atomic E-state index is -5.65. The number of fused-ring (bicyclic) bond motifs is 2. The van der Waals surface area contributed by atoms with Gasteiger partial charge in [-0.2, -0.15) is 13.2 Å². The van der Waals surface area contributed by atoms with E-state index in [1.807, 2.05) is 6.08 Å². The molecule has 0 aliphatic heterocycles. The fourth-order valence-electron chi connectivity index (χ4n) is 5.55. The number of ether oxygens (including phenoxy) is 1. The maximum atomic E-state index is 15.1. The number of hydrogen-bond donors (Lipinski definition) is 3. The van der Waals surface area contributed by atoms with Crippen molar-refractivity contribution in [2.45, 2.75) is 42.6 Å². The van der Waals surface area contributed by atoms with Crippen LogP contribution in [0.5, 0.6) is 5.75 Å². The first kappa shape index (κ1) is 35.0. The number of methoxy groups -OCH3 is 1. The minimum Gasteiger partial charge on any atom is -0.496 e. The van der Waals surface area contributed by atoms with Crippen LogP contribution < -0.4 is 15.4 Å². The highest BCUT2D eigenvalue weighted by Crippen LogP contribution is 2.44. The lowest BCUT2D eigenvalue weighted by molar-refractivity contribution is -0.136. The Hall–Kier alpha value is -4.86. The lowest BCUT2D eigenvalue weighted by atomic mass is 9.87. The number of aliphatic carboxylic acids is 1. The van der Waals surface area contributed by atoms with Gasteiger partial charge in [0, 0.05) is 36.0 Å². The highest BCUT2D eigenvalue weighted by Gasteiger charge is 2.49. The van der Waals surface area contributed by atoms with Gasteiger partial charge in [0.1, 0.15) is 17.4 Å². The van der Waals surface area contributed by atoms with Crippen LogP contribution in [0.1, 0.15) is 42.1 Å². The molecule has 1 fully saturated rings. The number of anilines is 1. The van der Waals surface area contributed by atoms with E-state index in [4.69, 9.17) is 9.84 Å². The molecule has 2 aromatic rings. The Kier molecular flexibility index (Phi) is 10.3. The van der Waals surface area contributed by atoms with Crippen LogP contribution in [0, 0.1) is 23.6 Å². The molecule has 250 valence electrons. The Bertz CT molecular complexity index is 1800. The van der Waals surface area contributed by atoms with E-state index in [1.165, 1.54) is 32.4 Å².